The quantitative estimate of drug-likeness (QED) is 0.859. The second-order valence-corrected chi connectivity index (χ2v) is 6.15. The zero-order valence-electron chi connectivity index (χ0n) is 11.1. The van der Waals surface area contributed by atoms with E-state index in [4.69, 9.17) is 17.3 Å². The highest BCUT2D eigenvalue weighted by Gasteiger charge is 2.07. The third-order valence-corrected chi connectivity index (χ3v) is 4.10. The van der Waals surface area contributed by atoms with E-state index in [1.807, 2.05) is 18.2 Å². The Morgan fingerprint density at radius 2 is 1.84 bits per heavy atom. The molecular formula is C15H17ClN2S. The van der Waals surface area contributed by atoms with Crippen molar-refractivity contribution in [1.82, 2.24) is 4.90 Å². The summed E-state index contributed by atoms with van der Waals surface area (Å²) in [6.07, 6.45) is 0. The lowest BCUT2D eigenvalue weighted by Crippen LogP contribution is -2.11. The molecule has 0 amide bonds. The van der Waals surface area contributed by atoms with E-state index < -0.39 is 0 Å². The summed E-state index contributed by atoms with van der Waals surface area (Å²) in [5, 5.41) is 0.670. The largest absolute Gasteiger partial charge is 0.398 e. The van der Waals surface area contributed by atoms with Gasteiger partial charge in [0, 0.05) is 27.0 Å². The molecule has 4 heteroatoms. The third-order valence-electron chi connectivity index (χ3n) is 2.65. The summed E-state index contributed by atoms with van der Waals surface area (Å²) in [5.41, 5.74) is 8.02. The molecule has 0 aliphatic heterocycles. The maximum absolute atomic E-state index is 6.00. The first-order valence-electron chi connectivity index (χ1n) is 6.02. The van der Waals surface area contributed by atoms with Crippen LogP contribution < -0.4 is 5.73 Å². The standard InChI is InChI=1S/C15H17ClN2S/c1-18(2)10-11-5-3-4-6-14(11)19-15-8-7-12(16)9-13(15)17/h3-9H,10,17H2,1-2H3/i1-1. The minimum atomic E-state index is 0.670. The maximum Gasteiger partial charge on any atom is 0.0470 e. The van der Waals surface area contributed by atoms with E-state index in [9.17, 15) is 0 Å². The van der Waals surface area contributed by atoms with Crippen molar-refractivity contribution in [2.24, 2.45) is 0 Å². The molecule has 0 fully saturated rings. The van der Waals surface area contributed by atoms with Gasteiger partial charge in [0.15, 0.2) is 0 Å². The maximum atomic E-state index is 6.00. The SMILES string of the molecule is CN([11CH3])Cc1ccccc1Sc1ccc(Cl)cc1N. The number of anilines is 1. The lowest BCUT2D eigenvalue weighted by molar-refractivity contribution is 0.399. The van der Waals surface area contributed by atoms with Crippen LogP contribution in [0.1, 0.15) is 5.56 Å². The van der Waals surface area contributed by atoms with Crippen molar-refractivity contribution in [3.63, 3.8) is 0 Å². The van der Waals surface area contributed by atoms with Crippen molar-refractivity contribution >= 4 is 29.1 Å². The van der Waals surface area contributed by atoms with Crippen molar-refractivity contribution < 1.29 is 0 Å². The Labute approximate surface area is 123 Å². The Kier molecular flexibility index (Phi) is 4.75. The van der Waals surface area contributed by atoms with Crippen molar-refractivity contribution in [3.8, 4) is 0 Å². The number of nitrogen functional groups attached to an aromatic ring is 1. The van der Waals surface area contributed by atoms with Gasteiger partial charge in [0.25, 0.3) is 0 Å². The predicted octanol–water partition coefficient (Wildman–Crippen LogP) is 4.14. The van der Waals surface area contributed by atoms with Crippen molar-refractivity contribution in [1.29, 1.82) is 0 Å². The van der Waals surface area contributed by atoms with E-state index in [1.54, 1.807) is 17.8 Å². The van der Waals surface area contributed by atoms with E-state index in [2.05, 4.69) is 37.2 Å². The average Bonchev–Trinajstić information content (AvgIpc) is 2.34. The second kappa shape index (κ2) is 6.33. The first-order chi connectivity index (χ1) is 9.06. The summed E-state index contributed by atoms with van der Waals surface area (Å²) < 4.78 is 0. The summed E-state index contributed by atoms with van der Waals surface area (Å²) in [4.78, 5) is 4.42. The number of rotatable bonds is 4. The normalized spacial score (nSPS) is 10.9. The highest BCUT2D eigenvalue weighted by Crippen LogP contribution is 2.35. The summed E-state index contributed by atoms with van der Waals surface area (Å²) in [6, 6.07) is 14.0. The molecule has 0 unspecified atom stereocenters. The Morgan fingerprint density at radius 3 is 2.53 bits per heavy atom. The van der Waals surface area contributed by atoms with Crippen LogP contribution in [-0.2, 0) is 6.54 Å². The molecule has 0 saturated heterocycles. The van der Waals surface area contributed by atoms with Crippen LogP contribution in [-0.4, -0.2) is 19.0 Å². The molecule has 0 atom stereocenters. The number of nitrogens with zero attached hydrogens (tertiary/aromatic N) is 1. The average molecular weight is 292 g/mol. The molecule has 19 heavy (non-hydrogen) atoms. The fourth-order valence-corrected chi connectivity index (χ4v) is 2.95. The van der Waals surface area contributed by atoms with Crippen LogP contribution in [0.4, 0.5) is 5.69 Å². The molecule has 2 aromatic rings. The van der Waals surface area contributed by atoms with Gasteiger partial charge in [0.2, 0.25) is 0 Å². The van der Waals surface area contributed by atoms with Crippen LogP contribution >= 0.6 is 23.4 Å². The van der Waals surface area contributed by atoms with E-state index in [-0.39, 0.29) is 0 Å². The number of hydrogen-bond acceptors (Lipinski definition) is 3. The lowest BCUT2D eigenvalue weighted by Gasteiger charge is -2.14. The van der Waals surface area contributed by atoms with Gasteiger partial charge < -0.3 is 10.6 Å². The van der Waals surface area contributed by atoms with Gasteiger partial charge in [-0.05, 0) is 43.9 Å². The number of hydrogen-bond donors (Lipinski definition) is 1. The van der Waals surface area contributed by atoms with Crippen LogP contribution in [0, 0.1) is 0 Å². The Morgan fingerprint density at radius 1 is 1.11 bits per heavy atom. The lowest BCUT2D eigenvalue weighted by atomic mass is 10.2. The summed E-state index contributed by atoms with van der Waals surface area (Å²) in [6.45, 7) is 0.913. The minimum absolute atomic E-state index is 0.670. The molecule has 0 bridgehead atoms. The van der Waals surface area contributed by atoms with E-state index in [0.717, 1.165) is 17.1 Å². The minimum Gasteiger partial charge on any atom is -0.398 e. The highest BCUT2D eigenvalue weighted by molar-refractivity contribution is 7.99. The van der Waals surface area contributed by atoms with E-state index in [1.165, 1.54) is 10.5 Å². The van der Waals surface area contributed by atoms with E-state index in [0.29, 0.717) is 5.02 Å². The molecule has 0 radical (unpaired) electrons. The van der Waals surface area contributed by atoms with E-state index >= 15 is 0 Å². The summed E-state index contributed by atoms with van der Waals surface area (Å²) >= 11 is 7.61. The molecule has 0 aromatic heterocycles. The van der Waals surface area contributed by atoms with Gasteiger partial charge >= 0.3 is 0 Å². The number of nitrogens with two attached hydrogens (primary N) is 1. The molecule has 0 spiro atoms. The van der Waals surface area contributed by atoms with Gasteiger partial charge in [0.05, 0.1) is 0 Å². The predicted molar refractivity (Wildman–Crippen MR) is 83.8 cm³/mol. The summed E-state index contributed by atoms with van der Waals surface area (Å²) in [5.74, 6) is 0. The van der Waals surface area contributed by atoms with Crippen LogP contribution in [0.5, 0.6) is 0 Å². The number of benzene rings is 2. The monoisotopic (exact) mass is 291 g/mol. The molecule has 2 rings (SSSR count). The van der Waals surface area contributed by atoms with Gasteiger partial charge in [-0.2, -0.15) is 0 Å². The smallest absolute Gasteiger partial charge is 0.0470 e. The van der Waals surface area contributed by atoms with Crippen molar-refractivity contribution in [3.05, 3.63) is 53.1 Å². The molecule has 2 N–H and O–H groups in total. The first-order valence-corrected chi connectivity index (χ1v) is 7.21. The zero-order chi connectivity index (χ0) is 13.8. The first kappa shape index (κ1) is 14.3. The molecule has 0 heterocycles. The topological polar surface area (TPSA) is 29.3 Å². The van der Waals surface area contributed by atoms with Gasteiger partial charge in [-0.25, -0.2) is 0 Å². The third kappa shape index (κ3) is 3.90. The Balaban J connectivity index is 2.27. The van der Waals surface area contributed by atoms with Gasteiger partial charge in [-0.3, -0.25) is 0 Å². The molecular weight excluding hydrogens is 275 g/mol. The summed E-state index contributed by atoms with van der Waals surface area (Å²) in [7, 11) is 4.14. The number of halogens is 1. The second-order valence-electron chi connectivity index (χ2n) is 4.63. The molecule has 2 nitrogen and oxygen atoms in total. The fraction of sp³-hybridized carbons (Fsp3) is 0.200. The van der Waals surface area contributed by atoms with Gasteiger partial charge in [-0.1, -0.05) is 41.6 Å². The van der Waals surface area contributed by atoms with Crippen LogP contribution in [0.15, 0.2) is 52.3 Å². The van der Waals surface area contributed by atoms with Crippen molar-refractivity contribution in [2.75, 3.05) is 19.8 Å². The van der Waals surface area contributed by atoms with Crippen LogP contribution in [0.3, 0.4) is 0 Å². The molecule has 0 saturated carbocycles. The molecule has 100 valence electrons. The Bertz CT molecular complexity index is 570. The highest BCUT2D eigenvalue weighted by atomic mass is 35.5. The Hall–Kier alpha value is -1.16. The fourth-order valence-electron chi connectivity index (χ4n) is 1.81. The van der Waals surface area contributed by atoms with Crippen molar-refractivity contribution in [2.45, 2.75) is 16.3 Å². The van der Waals surface area contributed by atoms with Crippen LogP contribution in [0.2, 0.25) is 5.02 Å². The molecule has 0 aliphatic rings. The zero-order valence-corrected chi connectivity index (χ0v) is 12.6. The molecule has 2 aromatic carbocycles. The van der Waals surface area contributed by atoms with Gasteiger partial charge in [-0.15, -0.1) is 0 Å². The molecule has 0 aliphatic carbocycles. The van der Waals surface area contributed by atoms with Gasteiger partial charge in [0.1, 0.15) is 0 Å². The van der Waals surface area contributed by atoms with Crippen LogP contribution in [0.25, 0.3) is 0 Å².